The summed E-state index contributed by atoms with van der Waals surface area (Å²) in [7, 11) is -0.192. The van der Waals surface area contributed by atoms with Gasteiger partial charge in [0.05, 0.1) is 0 Å². The van der Waals surface area contributed by atoms with Gasteiger partial charge in [0.1, 0.15) is 0 Å². The molecule has 1 heteroatoms. The molecule has 0 radical (unpaired) electrons. The number of benzene rings is 2. The third-order valence-corrected chi connectivity index (χ3v) is 4.92. The third kappa shape index (κ3) is 2.27. The number of hydrogen-bond acceptors (Lipinski definition) is 0. The van der Waals surface area contributed by atoms with E-state index >= 15 is 0 Å². The van der Waals surface area contributed by atoms with E-state index in [1.165, 1.54) is 16.2 Å². The van der Waals surface area contributed by atoms with Gasteiger partial charge in [-0.15, -0.1) is 0 Å². The Morgan fingerprint density at radius 3 is 2.07 bits per heavy atom. The highest BCUT2D eigenvalue weighted by atomic mass is 31.1. The van der Waals surface area contributed by atoms with Crippen LogP contribution in [-0.4, -0.2) is 6.66 Å². The molecule has 2 aromatic rings. The Bertz CT molecular complexity index is 434. The van der Waals surface area contributed by atoms with E-state index in [1.54, 1.807) is 0 Å². The molecule has 0 unspecified atom stereocenters. The molecule has 0 N–H and O–H groups in total. The Morgan fingerprint density at radius 1 is 0.800 bits per heavy atom. The number of aryl methyl sites for hydroxylation is 1. The van der Waals surface area contributed by atoms with Crippen molar-refractivity contribution in [2.24, 2.45) is 0 Å². The van der Waals surface area contributed by atoms with Gasteiger partial charge in [-0.3, -0.25) is 0 Å². The summed E-state index contributed by atoms with van der Waals surface area (Å²) in [5, 5.41) is 2.93. The van der Waals surface area contributed by atoms with E-state index in [1.807, 2.05) is 0 Å². The molecule has 0 aliphatic rings. The topological polar surface area (TPSA) is 0 Å². The third-order valence-electron chi connectivity index (χ3n) is 2.62. The van der Waals surface area contributed by atoms with Crippen LogP contribution in [0.5, 0.6) is 0 Å². The van der Waals surface area contributed by atoms with Gasteiger partial charge in [0, 0.05) is 0 Å². The van der Waals surface area contributed by atoms with Crippen molar-refractivity contribution in [3.63, 3.8) is 0 Å². The smallest absolute Gasteiger partial charge is 0.0169 e. The van der Waals surface area contributed by atoms with Crippen molar-refractivity contribution in [3.05, 3.63) is 60.2 Å². The van der Waals surface area contributed by atoms with E-state index in [4.69, 9.17) is 0 Å². The molecule has 0 amide bonds. The maximum absolute atomic E-state index is 2.33. The van der Waals surface area contributed by atoms with Crippen LogP contribution in [0.2, 0.25) is 0 Å². The van der Waals surface area contributed by atoms with E-state index in [9.17, 15) is 0 Å². The Balaban J connectivity index is 2.37. The molecule has 0 saturated carbocycles. The Hall–Kier alpha value is -1.13. The second-order valence-corrected chi connectivity index (χ2v) is 5.80. The highest BCUT2D eigenvalue weighted by Gasteiger charge is 2.08. The molecule has 0 aliphatic carbocycles. The van der Waals surface area contributed by atoms with Crippen molar-refractivity contribution in [1.82, 2.24) is 0 Å². The van der Waals surface area contributed by atoms with Crippen molar-refractivity contribution >= 4 is 18.5 Å². The molecule has 0 fully saturated rings. The van der Waals surface area contributed by atoms with Crippen LogP contribution in [0, 0.1) is 6.92 Å². The lowest BCUT2D eigenvalue weighted by atomic mass is 10.2. The summed E-state index contributed by atoms with van der Waals surface area (Å²) < 4.78 is 0. The van der Waals surface area contributed by atoms with E-state index in [0.717, 1.165) is 0 Å². The normalized spacial score (nSPS) is 12.4. The Morgan fingerprint density at radius 2 is 1.40 bits per heavy atom. The summed E-state index contributed by atoms with van der Waals surface area (Å²) in [5.74, 6) is 0. The zero-order valence-corrected chi connectivity index (χ0v) is 10.0. The molecule has 0 nitrogen and oxygen atoms in total. The first kappa shape index (κ1) is 10.4. The summed E-state index contributed by atoms with van der Waals surface area (Å²) in [4.78, 5) is 0. The quantitative estimate of drug-likeness (QED) is 0.674. The molecule has 1 atom stereocenters. The van der Waals surface area contributed by atoms with Crippen molar-refractivity contribution in [2.75, 3.05) is 6.66 Å². The number of hydrogen-bond donors (Lipinski definition) is 0. The molecule has 0 bridgehead atoms. The van der Waals surface area contributed by atoms with Gasteiger partial charge >= 0.3 is 0 Å². The fraction of sp³-hybridized carbons (Fsp3) is 0.143. The fourth-order valence-electron chi connectivity index (χ4n) is 1.73. The second-order valence-electron chi connectivity index (χ2n) is 3.68. The Labute approximate surface area is 92.7 Å². The minimum Gasteiger partial charge on any atom is -0.0622 e. The van der Waals surface area contributed by atoms with Crippen LogP contribution in [0.4, 0.5) is 0 Å². The molecule has 0 saturated heterocycles. The van der Waals surface area contributed by atoms with Gasteiger partial charge in [0.15, 0.2) is 0 Å². The molecule has 15 heavy (non-hydrogen) atoms. The Kier molecular flexibility index (Phi) is 3.18. The van der Waals surface area contributed by atoms with Crippen LogP contribution in [0.1, 0.15) is 5.56 Å². The standard InChI is InChI=1S/C14H15P/c1-12-8-6-7-11-14(12)15(2)13-9-4-3-5-10-13/h3-11H,1-2H3/t15-/m1/s1. The van der Waals surface area contributed by atoms with Crippen LogP contribution in [0.15, 0.2) is 54.6 Å². The van der Waals surface area contributed by atoms with Gasteiger partial charge in [0.25, 0.3) is 0 Å². The molecule has 0 heterocycles. The van der Waals surface area contributed by atoms with Crippen molar-refractivity contribution in [3.8, 4) is 0 Å². The lowest BCUT2D eigenvalue weighted by Crippen LogP contribution is -2.12. The van der Waals surface area contributed by atoms with E-state index in [2.05, 4.69) is 68.2 Å². The molecule has 0 aromatic heterocycles. The summed E-state index contributed by atoms with van der Waals surface area (Å²) in [5.41, 5.74) is 1.40. The van der Waals surface area contributed by atoms with Gasteiger partial charge in [-0.05, 0) is 37.7 Å². The summed E-state index contributed by atoms with van der Waals surface area (Å²) >= 11 is 0. The molecular formula is C14H15P. The van der Waals surface area contributed by atoms with Crippen LogP contribution < -0.4 is 10.6 Å². The maximum Gasteiger partial charge on any atom is -0.0169 e. The van der Waals surface area contributed by atoms with Crippen LogP contribution in [0.3, 0.4) is 0 Å². The fourth-order valence-corrected chi connectivity index (χ4v) is 3.54. The molecule has 2 rings (SSSR count). The average Bonchev–Trinajstić information content (AvgIpc) is 2.30. The first-order valence-corrected chi connectivity index (χ1v) is 6.92. The summed E-state index contributed by atoms with van der Waals surface area (Å²) in [6.45, 7) is 4.52. The van der Waals surface area contributed by atoms with Crippen LogP contribution >= 0.6 is 7.92 Å². The summed E-state index contributed by atoms with van der Waals surface area (Å²) in [6, 6.07) is 19.4. The van der Waals surface area contributed by atoms with Crippen molar-refractivity contribution in [2.45, 2.75) is 6.92 Å². The molecule has 0 aliphatic heterocycles. The number of rotatable bonds is 2. The largest absolute Gasteiger partial charge is 0.0622 e. The zero-order valence-electron chi connectivity index (χ0n) is 9.14. The minimum absolute atomic E-state index is 0.192. The average molecular weight is 214 g/mol. The van der Waals surface area contributed by atoms with Crippen LogP contribution in [0.25, 0.3) is 0 Å². The monoisotopic (exact) mass is 214 g/mol. The maximum atomic E-state index is 2.33. The van der Waals surface area contributed by atoms with Gasteiger partial charge in [-0.25, -0.2) is 0 Å². The predicted octanol–water partition coefficient (Wildman–Crippen LogP) is 3.06. The SMILES string of the molecule is Cc1ccccc1[P@](C)c1ccccc1. The highest BCUT2D eigenvalue weighted by Crippen LogP contribution is 2.29. The van der Waals surface area contributed by atoms with Gasteiger partial charge in [-0.1, -0.05) is 54.6 Å². The van der Waals surface area contributed by atoms with E-state index < -0.39 is 0 Å². The summed E-state index contributed by atoms with van der Waals surface area (Å²) in [6.07, 6.45) is 0. The van der Waals surface area contributed by atoms with E-state index in [-0.39, 0.29) is 7.92 Å². The van der Waals surface area contributed by atoms with E-state index in [0.29, 0.717) is 0 Å². The minimum atomic E-state index is -0.192. The van der Waals surface area contributed by atoms with Crippen molar-refractivity contribution < 1.29 is 0 Å². The molecule has 2 aromatic carbocycles. The first-order chi connectivity index (χ1) is 7.29. The van der Waals surface area contributed by atoms with Crippen molar-refractivity contribution in [1.29, 1.82) is 0 Å². The highest BCUT2D eigenvalue weighted by molar-refractivity contribution is 7.72. The predicted molar refractivity (Wildman–Crippen MR) is 69.7 cm³/mol. The first-order valence-electron chi connectivity index (χ1n) is 5.13. The van der Waals surface area contributed by atoms with Crippen LogP contribution in [-0.2, 0) is 0 Å². The van der Waals surface area contributed by atoms with Gasteiger partial charge < -0.3 is 0 Å². The lowest BCUT2D eigenvalue weighted by molar-refractivity contribution is 1.52. The second kappa shape index (κ2) is 4.59. The van der Waals surface area contributed by atoms with Gasteiger partial charge in [0.2, 0.25) is 0 Å². The van der Waals surface area contributed by atoms with Gasteiger partial charge in [-0.2, -0.15) is 0 Å². The zero-order chi connectivity index (χ0) is 10.7. The molecule has 0 spiro atoms. The lowest BCUT2D eigenvalue weighted by Gasteiger charge is -2.15. The molecule has 76 valence electrons. The molecular weight excluding hydrogens is 199 g/mol.